The zero-order valence-electron chi connectivity index (χ0n) is 11.8. The van der Waals surface area contributed by atoms with Gasteiger partial charge in [-0.3, -0.25) is 0 Å². The van der Waals surface area contributed by atoms with Crippen LogP contribution in [-0.2, 0) is 6.54 Å². The van der Waals surface area contributed by atoms with Crippen molar-refractivity contribution in [2.45, 2.75) is 26.3 Å². The molecule has 6 nitrogen and oxygen atoms in total. The highest BCUT2D eigenvalue weighted by Gasteiger charge is 2.19. The molecule has 6 heteroatoms. The van der Waals surface area contributed by atoms with Crippen molar-refractivity contribution in [3.8, 4) is 0 Å². The van der Waals surface area contributed by atoms with Crippen LogP contribution in [0.5, 0.6) is 0 Å². The summed E-state index contributed by atoms with van der Waals surface area (Å²) >= 11 is 0. The van der Waals surface area contributed by atoms with Gasteiger partial charge < -0.3 is 14.2 Å². The lowest BCUT2D eigenvalue weighted by molar-refractivity contribution is 0.0699. The molecule has 0 aliphatic carbocycles. The molecule has 2 aromatic heterocycles. The molecule has 0 atom stereocenters. The number of nitrogens with zero attached hydrogens (tertiary/aromatic N) is 3. The Morgan fingerprint density at radius 2 is 2.19 bits per heavy atom. The highest BCUT2D eigenvalue weighted by Crippen LogP contribution is 2.25. The van der Waals surface area contributed by atoms with E-state index in [-0.39, 0.29) is 11.5 Å². The van der Waals surface area contributed by atoms with Crippen LogP contribution < -0.4 is 0 Å². The van der Waals surface area contributed by atoms with Gasteiger partial charge in [-0.1, -0.05) is 25.1 Å². The van der Waals surface area contributed by atoms with Gasteiger partial charge in [0, 0.05) is 12.0 Å². The average Bonchev–Trinajstić information content (AvgIpc) is 3.07. The van der Waals surface area contributed by atoms with Gasteiger partial charge in [-0.25, -0.2) is 9.78 Å². The third-order valence-electron chi connectivity index (χ3n) is 3.36. The minimum atomic E-state index is -0.972. The molecule has 1 aromatic carbocycles. The minimum Gasteiger partial charge on any atom is -0.478 e. The molecule has 0 aliphatic heterocycles. The number of imidazole rings is 1. The lowest BCUT2D eigenvalue weighted by Gasteiger charge is -2.09. The molecule has 108 valence electrons. The van der Waals surface area contributed by atoms with Crippen molar-refractivity contribution < 1.29 is 14.4 Å². The summed E-state index contributed by atoms with van der Waals surface area (Å²) < 4.78 is 7.13. The second-order valence-electron chi connectivity index (χ2n) is 5.17. The molecule has 0 fully saturated rings. The Hall–Kier alpha value is -2.63. The van der Waals surface area contributed by atoms with Gasteiger partial charge in [-0.15, -0.1) is 0 Å². The van der Waals surface area contributed by atoms with Gasteiger partial charge in [0.05, 0.1) is 23.8 Å². The summed E-state index contributed by atoms with van der Waals surface area (Å²) in [5.74, 6) is 0.731. The van der Waals surface area contributed by atoms with Gasteiger partial charge >= 0.3 is 5.97 Å². The summed E-state index contributed by atoms with van der Waals surface area (Å²) in [5, 5.41) is 13.0. The molecule has 0 bridgehead atoms. The number of carbonyl (C=O) groups is 1. The fraction of sp³-hybridized carbons (Fsp3) is 0.267. The third-order valence-corrected chi connectivity index (χ3v) is 3.36. The number of carboxylic acid groups (broad SMARTS) is 1. The molecule has 0 unspecified atom stereocenters. The number of aromatic nitrogens is 3. The summed E-state index contributed by atoms with van der Waals surface area (Å²) in [6.07, 6.45) is 1.59. The van der Waals surface area contributed by atoms with Gasteiger partial charge in [0.1, 0.15) is 11.3 Å². The lowest BCUT2D eigenvalue weighted by atomic mass is 10.2. The molecule has 0 saturated carbocycles. The highest BCUT2D eigenvalue weighted by molar-refractivity contribution is 6.01. The second-order valence-corrected chi connectivity index (χ2v) is 5.17. The molecule has 0 aliphatic rings. The van der Waals surface area contributed by atoms with E-state index in [0.29, 0.717) is 17.8 Å². The zero-order chi connectivity index (χ0) is 15.0. The Bertz CT molecular complexity index is 788. The Labute approximate surface area is 121 Å². The number of aromatic carboxylic acids is 1. The maximum atomic E-state index is 11.3. The van der Waals surface area contributed by atoms with Crippen LogP contribution in [0.1, 0.15) is 41.7 Å². The van der Waals surface area contributed by atoms with Gasteiger partial charge in [-0.05, 0) is 12.1 Å². The van der Waals surface area contributed by atoms with E-state index < -0.39 is 5.97 Å². The van der Waals surface area contributed by atoms with Crippen LogP contribution in [0.3, 0.4) is 0 Å². The van der Waals surface area contributed by atoms with E-state index in [1.807, 2.05) is 24.5 Å². The first kappa shape index (κ1) is 13.4. The number of rotatable bonds is 4. The molecule has 0 spiro atoms. The van der Waals surface area contributed by atoms with Crippen LogP contribution in [0.15, 0.2) is 35.0 Å². The Balaban J connectivity index is 2.23. The van der Waals surface area contributed by atoms with Gasteiger partial charge in [0.15, 0.2) is 5.76 Å². The Morgan fingerprint density at radius 1 is 1.38 bits per heavy atom. The molecule has 21 heavy (non-hydrogen) atoms. The molecule has 3 rings (SSSR count). The second kappa shape index (κ2) is 5.05. The van der Waals surface area contributed by atoms with Crippen molar-refractivity contribution in [3.05, 3.63) is 47.6 Å². The fourth-order valence-corrected chi connectivity index (χ4v) is 2.42. The summed E-state index contributed by atoms with van der Waals surface area (Å²) in [4.78, 5) is 15.9. The minimum absolute atomic E-state index is 0.168. The maximum absolute atomic E-state index is 11.3. The topological polar surface area (TPSA) is 81.1 Å². The molecule has 3 aromatic rings. The van der Waals surface area contributed by atoms with Crippen molar-refractivity contribution in [2.75, 3.05) is 0 Å². The molecule has 0 amide bonds. The summed E-state index contributed by atoms with van der Waals surface area (Å²) in [5.41, 5.74) is 1.51. The van der Waals surface area contributed by atoms with Gasteiger partial charge in [-0.2, -0.15) is 0 Å². The van der Waals surface area contributed by atoms with Crippen LogP contribution in [0.25, 0.3) is 11.0 Å². The number of para-hydroxylation sites is 1. The number of hydrogen-bond acceptors (Lipinski definition) is 4. The van der Waals surface area contributed by atoms with E-state index >= 15 is 0 Å². The number of carboxylic acids is 1. The SMILES string of the molecule is CC(C)c1nc2c(C(=O)O)cccc2n1Cc1ccno1. The first-order valence-corrected chi connectivity index (χ1v) is 6.70. The van der Waals surface area contributed by atoms with E-state index in [0.717, 1.165) is 11.3 Å². The highest BCUT2D eigenvalue weighted by atomic mass is 16.5. The third kappa shape index (κ3) is 2.29. The zero-order valence-corrected chi connectivity index (χ0v) is 11.8. The summed E-state index contributed by atoms with van der Waals surface area (Å²) in [6.45, 7) is 4.53. The Morgan fingerprint density at radius 3 is 2.81 bits per heavy atom. The molecular formula is C15H15N3O3. The van der Waals surface area contributed by atoms with Crippen LogP contribution >= 0.6 is 0 Å². The summed E-state index contributed by atoms with van der Waals surface area (Å²) in [7, 11) is 0. The van der Waals surface area contributed by atoms with Crippen molar-refractivity contribution in [3.63, 3.8) is 0 Å². The standard InChI is InChI=1S/C15H15N3O3/c1-9(2)14-17-13-11(15(19)20)4-3-5-12(13)18(14)8-10-6-7-16-21-10/h3-7,9H,8H2,1-2H3,(H,19,20). The van der Waals surface area contributed by atoms with Crippen molar-refractivity contribution in [1.82, 2.24) is 14.7 Å². The lowest BCUT2D eigenvalue weighted by Crippen LogP contribution is -2.06. The van der Waals surface area contributed by atoms with E-state index in [9.17, 15) is 9.90 Å². The first-order chi connectivity index (χ1) is 10.1. The average molecular weight is 285 g/mol. The van der Waals surface area contributed by atoms with Gasteiger partial charge in [0.2, 0.25) is 0 Å². The largest absolute Gasteiger partial charge is 0.478 e. The van der Waals surface area contributed by atoms with E-state index in [1.54, 1.807) is 24.4 Å². The Kier molecular flexibility index (Phi) is 3.21. The predicted molar refractivity (Wildman–Crippen MR) is 76.4 cm³/mol. The number of benzene rings is 1. The number of fused-ring (bicyclic) bond motifs is 1. The van der Waals surface area contributed by atoms with Crippen molar-refractivity contribution in [2.24, 2.45) is 0 Å². The molecule has 0 saturated heterocycles. The van der Waals surface area contributed by atoms with Crippen LogP contribution in [0.4, 0.5) is 0 Å². The molecule has 1 N–H and O–H groups in total. The molecule has 2 heterocycles. The van der Waals surface area contributed by atoms with Gasteiger partial charge in [0.25, 0.3) is 0 Å². The molecule has 0 radical (unpaired) electrons. The number of hydrogen-bond donors (Lipinski definition) is 1. The molecular weight excluding hydrogens is 270 g/mol. The quantitative estimate of drug-likeness (QED) is 0.797. The van der Waals surface area contributed by atoms with Crippen LogP contribution in [0.2, 0.25) is 0 Å². The van der Waals surface area contributed by atoms with E-state index in [2.05, 4.69) is 10.1 Å². The first-order valence-electron chi connectivity index (χ1n) is 6.70. The maximum Gasteiger partial charge on any atom is 0.337 e. The van der Waals surface area contributed by atoms with Crippen molar-refractivity contribution >= 4 is 17.0 Å². The predicted octanol–water partition coefficient (Wildman–Crippen LogP) is 2.89. The van der Waals surface area contributed by atoms with E-state index in [1.165, 1.54) is 0 Å². The van der Waals surface area contributed by atoms with Crippen molar-refractivity contribution in [1.29, 1.82) is 0 Å². The smallest absolute Gasteiger partial charge is 0.337 e. The fourth-order valence-electron chi connectivity index (χ4n) is 2.42. The summed E-state index contributed by atoms with van der Waals surface area (Å²) in [6, 6.07) is 6.96. The van der Waals surface area contributed by atoms with Crippen LogP contribution in [0, 0.1) is 0 Å². The van der Waals surface area contributed by atoms with E-state index in [4.69, 9.17) is 4.52 Å². The monoisotopic (exact) mass is 285 g/mol. The van der Waals surface area contributed by atoms with Crippen LogP contribution in [-0.4, -0.2) is 25.8 Å². The normalized spacial score (nSPS) is 11.4.